The van der Waals surface area contributed by atoms with Crippen LogP contribution in [0.1, 0.15) is 26.6 Å². The number of nitriles is 2. The maximum absolute atomic E-state index is 11.9. The number of thiazole rings is 1. The molecule has 20 heavy (non-hydrogen) atoms. The molecule has 0 saturated heterocycles. The highest BCUT2D eigenvalue weighted by Gasteiger charge is 2.11. The Hall–Kier alpha value is -2.74. The SMILES string of the molecule is N#Cc1ccc(NC(=O)c2csc(CN)n2)cc1C#N. The second kappa shape index (κ2) is 5.93. The highest BCUT2D eigenvalue weighted by atomic mass is 32.1. The summed E-state index contributed by atoms with van der Waals surface area (Å²) in [6.45, 7) is 0.285. The van der Waals surface area contributed by atoms with E-state index < -0.39 is 0 Å². The van der Waals surface area contributed by atoms with E-state index in [1.54, 1.807) is 11.4 Å². The molecule has 0 spiro atoms. The molecule has 98 valence electrons. The topological polar surface area (TPSA) is 116 Å². The van der Waals surface area contributed by atoms with Gasteiger partial charge in [0.1, 0.15) is 22.8 Å². The van der Waals surface area contributed by atoms with Gasteiger partial charge in [-0.2, -0.15) is 10.5 Å². The van der Waals surface area contributed by atoms with Gasteiger partial charge in [0, 0.05) is 17.6 Å². The summed E-state index contributed by atoms with van der Waals surface area (Å²) in [6, 6.07) is 8.32. The molecule has 0 bridgehead atoms. The lowest BCUT2D eigenvalue weighted by Gasteiger charge is -2.04. The van der Waals surface area contributed by atoms with Gasteiger partial charge >= 0.3 is 0 Å². The molecule has 0 saturated carbocycles. The van der Waals surface area contributed by atoms with Crippen molar-refractivity contribution in [2.75, 3.05) is 5.32 Å². The Balaban J connectivity index is 2.20. The average Bonchev–Trinajstić information content (AvgIpc) is 2.96. The summed E-state index contributed by atoms with van der Waals surface area (Å²) in [7, 11) is 0. The minimum Gasteiger partial charge on any atom is -0.325 e. The quantitative estimate of drug-likeness (QED) is 0.887. The highest BCUT2D eigenvalue weighted by Crippen LogP contribution is 2.16. The van der Waals surface area contributed by atoms with Gasteiger partial charge in [-0.3, -0.25) is 4.79 Å². The first-order valence-electron chi connectivity index (χ1n) is 5.58. The lowest BCUT2D eigenvalue weighted by atomic mass is 10.1. The number of carbonyl (C=O) groups is 1. The predicted octanol–water partition coefficient (Wildman–Crippen LogP) is 1.60. The number of nitrogens with two attached hydrogens (primary N) is 1. The minimum absolute atomic E-state index is 0.214. The number of anilines is 1. The van der Waals surface area contributed by atoms with Gasteiger partial charge in [-0.25, -0.2) is 4.98 Å². The molecule has 2 aromatic rings. The zero-order valence-corrected chi connectivity index (χ0v) is 11.1. The van der Waals surface area contributed by atoms with Gasteiger partial charge in [0.25, 0.3) is 5.91 Å². The number of hydrogen-bond donors (Lipinski definition) is 2. The molecule has 0 radical (unpaired) electrons. The summed E-state index contributed by atoms with van der Waals surface area (Å²) in [5.41, 5.74) is 6.63. The van der Waals surface area contributed by atoms with Crippen LogP contribution in [0.15, 0.2) is 23.6 Å². The summed E-state index contributed by atoms with van der Waals surface area (Å²) >= 11 is 1.31. The fraction of sp³-hybridized carbons (Fsp3) is 0.0769. The second-order valence-electron chi connectivity index (χ2n) is 3.77. The Morgan fingerprint density at radius 1 is 1.35 bits per heavy atom. The van der Waals surface area contributed by atoms with Gasteiger partial charge in [0.15, 0.2) is 0 Å². The van der Waals surface area contributed by atoms with E-state index in [4.69, 9.17) is 16.3 Å². The van der Waals surface area contributed by atoms with Crippen LogP contribution < -0.4 is 11.1 Å². The Morgan fingerprint density at radius 2 is 2.10 bits per heavy atom. The van der Waals surface area contributed by atoms with Crippen molar-refractivity contribution >= 4 is 22.9 Å². The van der Waals surface area contributed by atoms with Crippen LogP contribution >= 0.6 is 11.3 Å². The van der Waals surface area contributed by atoms with Crippen LogP contribution in [0.25, 0.3) is 0 Å². The van der Waals surface area contributed by atoms with Crippen LogP contribution in [0.5, 0.6) is 0 Å². The van der Waals surface area contributed by atoms with Gasteiger partial charge in [0.2, 0.25) is 0 Å². The van der Waals surface area contributed by atoms with Gasteiger partial charge < -0.3 is 11.1 Å². The number of rotatable bonds is 3. The van der Waals surface area contributed by atoms with Gasteiger partial charge in [-0.15, -0.1) is 11.3 Å². The number of nitrogens with zero attached hydrogens (tertiary/aromatic N) is 3. The van der Waals surface area contributed by atoms with Crippen LogP contribution in [-0.2, 0) is 6.54 Å². The van der Waals surface area contributed by atoms with Crippen LogP contribution in [0, 0.1) is 22.7 Å². The van der Waals surface area contributed by atoms with E-state index in [-0.39, 0.29) is 29.3 Å². The van der Waals surface area contributed by atoms with Crippen molar-refractivity contribution < 1.29 is 4.79 Å². The Morgan fingerprint density at radius 3 is 2.70 bits per heavy atom. The van der Waals surface area contributed by atoms with Crippen LogP contribution in [0.4, 0.5) is 5.69 Å². The van der Waals surface area contributed by atoms with E-state index in [0.717, 1.165) is 0 Å². The number of aromatic nitrogens is 1. The Kier molecular flexibility index (Phi) is 4.06. The van der Waals surface area contributed by atoms with Crippen LogP contribution in [-0.4, -0.2) is 10.9 Å². The lowest BCUT2D eigenvalue weighted by Crippen LogP contribution is -2.13. The summed E-state index contributed by atoms with van der Waals surface area (Å²) < 4.78 is 0. The summed E-state index contributed by atoms with van der Waals surface area (Å²) in [6.07, 6.45) is 0. The van der Waals surface area contributed by atoms with Gasteiger partial charge in [-0.05, 0) is 18.2 Å². The number of amides is 1. The smallest absolute Gasteiger partial charge is 0.275 e. The molecule has 0 aliphatic heterocycles. The standard InChI is InChI=1S/C13H9N5OS/c14-4-8-1-2-10(3-9(8)5-15)17-13(19)11-7-20-12(6-16)18-11/h1-3,7H,6,16H2,(H,17,19). The molecule has 3 N–H and O–H groups in total. The number of carbonyl (C=O) groups excluding carboxylic acids is 1. The zero-order valence-electron chi connectivity index (χ0n) is 10.3. The van der Waals surface area contributed by atoms with Gasteiger partial charge in [0.05, 0.1) is 11.1 Å². The summed E-state index contributed by atoms with van der Waals surface area (Å²) in [5.74, 6) is -0.380. The largest absolute Gasteiger partial charge is 0.325 e. The molecule has 0 unspecified atom stereocenters. The molecule has 7 heteroatoms. The van der Waals surface area contributed by atoms with Crippen molar-refractivity contribution in [2.24, 2.45) is 5.73 Å². The van der Waals surface area contributed by atoms with Gasteiger partial charge in [-0.1, -0.05) is 0 Å². The normalized spacial score (nSPS) is 9.55. The predicted molar refractivity (Wildman–Crippen MR) is 73.8 cm³/mol. The molecule has 0 aliphatic rings. The molecular formula is C13H9N5OS. The van der Waals surface area contributed by atoms with E-state index in [1.165, 1.54) is 23.5 Å². The average molecular weight is 283 g/mol. The molecule has 0 aliphatic carbocycles. The third kappa shape index (κ3) is 2.81. The first-order valence-corrected chi connectivity index (χ1v) is 6.46. The van der Waals surface area contributed by atoms with E-state index in [2.05, 4.69) is 10.3 Å². The Labute approximate surface area is 119 Å². The molecule has 6 nitrogen and oxygen atoms in total. The number of benzene rings is 1. The summed E-state index contributed by atoms with van der Waals surface area (Å²) in [5, 5.41) is 22.7. The molecular weight excluding hydrogens is 274 g/mol. The Bertz CT molecular complexity index is 738. The number of hydrogen-bond acceptors (Lipinski definition) is 6. The van der Waals surface area contributed by atoms with Crippen molar-refractivity contribution in [1.82, 2.24) is 4.98 Å². The highest BCUT2D eigenvalue weighted by molar-refractivity contribution is 7.09. The van der Waals surface area contributed by atoms with E-state index in [1.807, 2.05) is 12.1 Å². The monoisotopic (exact) mass is 283 g/mol. The van der Waals surface area contributed by atoms with Crippen LogP contribution in [0.3, 0.4) is 0 Å². The maximum Gasteiger partial charge on any atom is 0.275 e. The van der Waals surface area contributed by atoms with Crippen molar-refractivity contribution in [3.05, 3.63) is 45.4 Å². The fourth-order valence-corrected chi connectivity index (χ4v) is 2.17. The summed E-state index contributed by atoms with van der Waals surface area (Å²) in [4.78, 5) is 16.0. The molecule has 2 rings (SSSR count). The molecule has 1 aromatic carbocycles. The molecule has 0 fully saturated rings. The third-order valence-corrected chi connectivity index (χ3v) is 3.35. The van der Waals surface area contributed by atoms with Crippen LogP contribution in [0.2, 0.25) is 0 Å². The lowest BCUT2D eigenvalue weighted by molar-refractivity contribution is 0.102. The van der Waals surface area contributed by atoms with Crippen molar-refractivity contribution in [3.8, 4) is 12.1 Å². The fourth-order valence-electron chi connectivity index (χ4n) is 1.52. The van der Waals surface area contributed by atoms with Crippen molar-refractivity contribution in [2.45, 2.75) is 6.54 Å². The molecule has 1 heterocycles. The first-order chi connectivity index (χ1) is 9.67. The second-order valence-corrected chi connectivity index (χ2v) is 4.71. The van der Waals surface area contributed by atoms with E-state index in [0.29, 0.717) is 10.7 Å². The maximum atomic E-state index is 11.9. The number of nitrogens with one attached hydrogen (secondary N) is 1. The third-order valence-electron chi connectivity index (χ3n) is 2.48. The van der Waals surface area contributed by atoms with Crippen molar-refractivity contribution in [1.29, 1.82) is 10.5 Å². The minimum atomic E-state index is -0.380. The molecule has 1 amide bonds. The van der Waals surface area contributed by atoms with E-state index >= 15 is 0 Å². The zero-order chi connectivity index (χ0) is 14.5. The first kappa shape index (κ1) is 13.7. The van der Waals surface area contributed by atoms with E-state index in [9.17, 15) is 4.79 Å². The van der Waals surface area contributed by atoms with Crippen molar-refractivity contribution in [3.63, 3.8) is 0 Å². The molecule has 0 atom stereocenters. The molecule has 1 aromatic heterocycles.